The summed E-state index contributed by atoms with van der Waals surface area (Å²) in [6.45, 7) is 5.39. The van der Waals surface area contributed by atoms with E-state index in [4.69, 9.17) is 4.74 Å². The van der Waals surface area contributed by atoms with E-state index >= 15 is 0 Å². The van der Waals surface area contributed by atoms with E-state index in [0.717, 1.165) is 23.4 Å². The fourth-order valence-electron chi connectivity index (χ4n) is 2.49. The summed E-state index contributed by atoms with van der Waals surface area (Å²) in [4.78, 5) is 4.59. The van der Waals surface area contributed by atoms with E-state index in [0.29, 0.717) is 19.0 Å². The van der Waals surface area contributed by atoms with Crippen molar-refractivity contribution >= 4 is 5.96 Å². The Morgan fingerprint density at radius 3 is 2.44 bits per heavy atom. The summed E-state index contributed by atoms with van der Waals surface area (Å²) >= 11 is 0. The molecule has 0 radical (unpaired) electrons. The van der Waals surface area contributed by atoms with E-state index < -0.39 is 5.60 Å². The summed E-state index contributed by atoms with van der Waals surface area (Å²) in [7, 11) is 1.66. The van der Waals surface area contributed by atoms with Crippen LogP contribution in [0.3, 0.4) is 0 Å². The van der Waals surface area contributed by atoms with E-state index in [-0.39, 0.29) is 0 Å². The minimum Gasteiger partial charge on any atom is -0.496 e. The minimum absolute atomic E-state index is 0.356. The molecule has 2 rings (SSSR count). The average Bonchev–Trinajstić information content (AvgIpc) is 2.65. The Morgan fingerprint density at radius 1 is 1.08 bits per heavy atom. The Hall–Kier alpha value is -2.53. The first-order valence-electron chi connectivity index (χ1n) is 8.49. The molecule has 0 fully saturated rings. The lowest BCUT2D eigenvalue weighted by atomic mass is 9.96. The average molecular weight is 341 g/mol. The van der Waals surface area contributed by atoms with Gasteiger partial charge >= 0.3 is 0 Å². The van der Waals surface area contributed by atoms with Gasteiger partial charge in [0.25, 0.3) is 0 Å². The number of guanidine groups is 1. The topological polar surface area (TPSA) is 65.9 Å². The largest absolute Gasteiger partial charge is 0.496 e. The molecule has 25 heavy (non-hydrogen) atoms. The quantitative estimate of drug-likeness (QED) is 0.535. The number of benzene rings is 2. The van der Waals surface area contributed by atoms with Crippen LogP contribution in [0.25, 0.3) is 0 Å². The minimum atomic E-state index is -0.984. The van der Waals surface area contributed by atoms with Crippen molar-refractivity contribution in [3.05, 3.63) is 65.7 Å². The number of hydrogen-bond donors (Lipinski definition) is 3. The standard InChI is InChI=1S/C20H27N3O2/c1-4-21-19(22-14-16-10-8-9-13-18(16)25-3)23-15-20(2,24)17-11-6-5-7-12-17/h5-13,24H,4,14-15H2,1-3H3,(H2,21,22,23). The number of rotatable bonds is 7. The van der Waals surface area contributed by atoms with Crippen LogP contribution in [0, 0.1) is 0 Å². The van der Waals surface area contributed by atoms with E-state index in [9.17, 15) is 5.11 Å². The van der Waals surface area contributed by atoms with Gasteiger partial charge in [-0.2, -0.15) is 0 Å². The number of ether oxygens (including phenoxy) is 1. The summed E-state index contributed by atoms with van der Waals surface area (Å²) in [6, 6.07) is 17.4. The van der Waals surface area contributed by atoms with E-state index in [1.165, 1.54) is 0 Å². The molecule has 0 saturated carbocycles. The van der Waals surface area contributed by atoms with E-state index in [1.54, 1.807) is 14.0 Å². The van der Waals surface area contributed by atoms with Crippen molar-refractivity contribution in [1.29, 1.82) is 0 Å². The highest BCUT2D eigenvalue weighted by Gasteiger charge is 2.22. The highest BCUT2D eigenvalue weighted by atomic mass is 16.5. The Labute approximate surface area is 149 Å². The van der Waals surface area contributed by atoms with Crippen LogP contribution >= 0.6 is 0 Å². The second-order valence-corrected chi connectivity index (χ2v) is 6.00. The van der Waals surface area contributed by atoms with Crippen molar-refractivity contribution in [2.24, 2.45) is 4.99 Å². The number of aliphatic hydroxyl groups is 1. The number of hydrogen-bond acceptors (Lipinski definition) is 3. The first kappa shape index (κ1) is 18.8. The molecule has 1 unspecified atom stereocenters. The van der Waals surface area contributed by atoms with Gasteiger partial charge in [-0.25, -0.2) is 4.99 Å². The summed E-state index contributed by atoms with van der Waals surface area (Å²) in [6.07, 6.45) is 0. The van der Waals surface area contributed by atoms with Crippen molar-refractivity contribution in [3.8, 4) is 5.75 Å². The first-order chi connectivity index (χ1) is 12.1. The zero-order chi connectivity index (χ0) is 18.1. The molecule has 2 aromatic rings. The molecule has 0 bridgehead atoms. The maximum atomic E-state index is 10.7. The van der Waals surface area contributed by atoms with Crippen molar-refractivity contribution in [3.63, 3.8) is 0 Å². The van der Waals surface area contributed by atoms with Crippen molar-refractivity contribution in [2.75, 3.05) is 20.2 Å². The second kappa shape index (κ2) is 9.08. The molecule has 0 amide bonds. The fraction of sp³-hybridized carbons (Fsp3) is 0.350. The number of nitrogens with zero attached hydrogens (tertiary/aromatic N) is 1. The third-order valence-corrected chi connectivity index (χ3v) is 3.94. The SMILES string of the molecule is CCNC(=NCc1ccccc1OC)NCC(C)(O)c1ccccc1. The van der Waals surface area contributed by atoms with Gasteiger partial charge < -0.3 is 20.5 Å². The van der Waals surface area contributed by atoms with E-state index in [2.05, 4.69) is 15.6 Å². The van der Waals surface area contributed by atoms with Crippen LogP contribution < -0.4 is 15.4 Å². The molecular formula is C20H27N3O2. The van der Waals surface area contributed by atoms with Gasteiger partial charge in [-0.3, -0.25) is 0 Å². The Balaban J connectivity index is 2.05. The lowest BCUT2D eigenvalue weighted by molar-refractivity contribution is 0.0617. The zero-order valence-corrected chi connectivity index (χ0v) is 15.1. The van der Waals surface area contributed by atoms with Gasteiger partial charge in [-0.05, 0) is 25.5 Å². The molecule has 0 spiro atoms. The van der Waals surface area contributed by atoms with E-state index in [1.807, 2.05) is 61.5 Å². The normalized spacial score (nSPS) is 13.8. The Bertz CT molecular complexity index is 684. The van der Waals surface area contributed by atoms with Crippen molar-refractivity contribution in [2.45, 2.75) is 26.0 Å². The molecule has 1 atom stereocenters. The molecule has 2 aromatic carbocycles. The smallest absolute Gasteiger partial charge is 0.191 e. The second-order valence-electron chi connectivity index (χ2n) is 6.00. The van der Waals surface area contributed by atoms with Gasteiger partial charge in [0.15, 0.2) is 5.96 Å². The van der Waals surface area contributed by atoms with Gasteiger partial charge in [-0.1, -0.05) is 48.5 Å². The molecule has 134 valence electrons. The van der Waals surface area contributed by atoms with Gasteiger partial charge in [-0.15, -0.1) is 0 Å². The monoisotopic (exact) mass is 341 g/mol. The molecule has 0 aliphatic carbocycles. The van der Waals surface area contributed by atoms with Crippen LogP contribution in [0.4, 0.5) is 0 Å². The third kappa shape index (κ3) is 5.50. The predicted molar refractivity (Wildman–Crippen MR) is 102 cm³/mol. The number of methoxy groups -OCH3 is 1. The maximum absolute atomic E-state index is 10.7. The highest BCUT2D eigenvalue weighted by molar-refractivity contribution is 5.79. The summed E-state index contributed by atoms with van der Waals surface area (Å²) in [5.74, 6) is 1.47. The van der Waals surface area contributed by atoms with Gasteiger partial charge in [0, 0.05) is 12.1 Å². The third-order valence-electron chi connectivity index (χ3n) is 3.94. The van der Waals surface area contributed by atoms with Crippen LogP contribution in [0.15, 0.2) is 59.6 Å². The lowest BCUT2D eigenvalue weighted by Gasteiger charge is -2.25. The molecule has 0 saturated heterocycles. The van der Waals surface area contributed by atoms with Crippen molar-refractivity contribution < 1.29 is 9.84 Å². The molecule has 0 aliphatic heterocycles. The Kier molecular flexibility index (Phi) is 6.83. The van der Waals surface area contributed by atoms with Crippen LogP contribution in [-0.2, 0) is 12.1 Å². The predicted octanol–water partition coefficient (Wildman–Crippen LogP) is 2.66. The summed E-state index contributed by atoms with van der Waals surface area (Å²) in [5.41, 5.74) is 0.891. The molecule has 0 heterocycles. The molecule has 5 nitrogen and oxygen atoms in total. The molecule has 5 heteroatoms. The number of para-hydroxylation sites is 1. The van der Waals surface area contributed by atoms with Gasteiger partial charge in [0.05, 0.1) is 20.2 Å². The van der Waals surface area contributed by atoms with Gasteiger partial charge in [0.1, 0.15) is 11.4 Å². The molecule has 0 aromatic heterocycles. The Morgan fingerprint density at radius 2 is 1.76 bits per heavy atom. The zero-order valence-electron chi connectivity index (χ0n) is 15.1. The maximum Gasteiger partial charge on any atom is 0.191 e. The molecule has 0 aliphatic rings. The van der Waals surface area contributed by atoms with Crippen molar-refractivity contribution in [1.82, 2.24) is 10.6 Å². The lowest BCUT2D eigenvalue weighted by Crippen LogP contribution is -2.44. The van der Waals surface area contributed by atoms with Gasteiger partial charge in [0.2, 0.25) is 0 Å². The molecule has 3 N–H and O–H groups in total. The number of nitrogens with one attached hydrogen (secondary N) is 2. The molecular weight excluding hydrogens is 314 g/mol. The van der Waals surface area contributed by atoms with Crippen LogP contribution in [-0.4, -0.2) is 31.3 Å². The summed E-state index contributed by atoms with van der Waals surface area (Å²) < 4.78 is 5.36. The van der Waals surface area contributed by atoms with Crippen LogP contribution in [0.2, 0.25) is 0 Å². The summed E-state index contributed by atoms with van der Waals surface area (Å²) in [5, 5.41) is 17.1. The van der Waals surface area contributed by atoms with Crippen LogP contribution in [0.1, 0.15) is 25.0 Å². The highest BCUT2D eigenvalue weighted by Crippen LogP contribution is 2.19. The number of aliphatic imine (C=N–C) groups is 1. The van der Waals surface area contributed by atoms with Crippen LogP contribution in [0.5, 0.6) is 5.75 Å². The first-order valence-corrected chi connectivity index (χ1v) is 8.49. The fourth-order valence-corrected chi connectivity index (χ4v) is 2.49.